The summed E-state index contributed by atoms with van der Waals surface area (Å²) < 4.78 is 27.2. The maximum Gasteiger partial charge on any atom is 0.243 e. The van der Waals surface area contributed by atoms with E-state index < -0.39 is 10.0 Å². The van der Waals surface area contributed by atoms with Crippen molar-refractivity contribution >= 4 is 21.6 Å². The van der Waals surface area contributed by atoms with Gasteiger partial charge < -0.3 is 5.11 Å². The monoisotopic (exact) mass is 317 g/mol. The number of aliphatic hydroxyl groups excluding tert-OH is 1. The lowest BCUT2D eigenvalue weighted by Crippen LogP contribution is -2.45. The molecule has 0 atom stereocenters. The minimum Gasteiger partial charge on any atom is -0.396 e. The summed E-state index contributed by atoms with van der Waals surface area (Å²) in [5.74, 6) is 0. The zero-order valence-corrected chi connectivity index (χ0v) is 13.1. The minimum absolute atomic E-state index is 0.00668. The number of benzene rings is 1. The molecule has 1 fully saturated rings. The van der Waals surface area contributed by atoms with Crippen LogP contribution in [0.25, 0.3) is 0 Å². The number of hydrogen-bond acceptors (Lipinski definition) is 3. The average Bonchev–Trinajstić information content (AvgIpc) is 2.34. The van der Waals surface area contributed by atoms with Crippen LogP contribution in [0.5, 0.6) is 0 Å². The van der Waals surface area contributed by atoms with Crippen molar-refractivity contribution in [2.24, 2.45) is 0 Å². The van der Waals surface area contributed by atoms with Gasteiger partial charge in [0.25, 0.3) is 0 Å². The number of nitrogens with zero attached hydrogens (tertiary/aromatic N) is 1. The summed E-state index contributed by atoms with van der Waals surface area (Å²) in [7, 11) is -3.55. The van der Waals surface area contributed by atoms with Crippen LogP contribution >= 0.6 is 11.6 Å². The maximum atomic E-state index is 12.8. The first kappa shape index (κ1) is 15.8. The van der Waals surface area contributed by atoms with Crippen LogP contribution in [0.15, 0.2) is 23.1 Å². The Hall–Kier alpha value is -0.620. The molecule has 0 aromatic heterocycles. The third kappa shape index (κ3) is 3.17. The zero-order chi connectivity index (χ0) is 14.8. The lowest BCUT2D eigenvalue weighted by Gasteiger charge is -2.36. The number of hydrogen-bond donors (Lipinski definition) is 1. The van der Waals surface area contributed by atoms with Crippen molar-refractivity contribution in [1.29, 1.82) is 0 Å². The molecule has 20 heavy (non-hydrogen) atoms. The molecule has 1 aromatic rings. The molecule has 1 N–H and O–H groups in total. The van der Waals surface area contributed by atoms with Crippen molar-refractivity contribution in [2.75, 3.05) is 13.2 Å². The minimum atomic E-state index is -3.55. The molecule has 2 rings (SSSR count). The fraction of sp³-hybridized carbons (Fsp3) is 0.571. The van der Waals surface area contributed by atoms with Crippen molar-refractivity contribution in [1.82, 2.24) is 4.31 Å². The van der Waals surface area contributed by atoms with Crippen LogP contribution in [-0.4, -0.2) is 37.0 Å². The van der Waals surface area contributed by atoms with E-state index in [2.05, 4.69) is 0 Å². The highest BCUT2D eigenvalue weighted by atomic mass is 35.5. The van der Waals surface area contributed by atoms with E-state index in [4.69, 9.17) is 16.7 Å². The summed E-state index contributed by atoms with van der Waals surface area (Å²) in [6, 6.07) is 4.99. The van der Waals surface area contributed by atoms with Gasteiger partial charge in [-0.3, -0.25) is 0 Å². The van der Waals surface area contributed by atoms with Crippen molar-refractivity contribution in [3.8, 4) is 0 Å². The van der Waals surface area contributed by atoms with Crippen LogP contribution in [0.2, 0.25) is 5.02 Å². The molecule has 4 nitrogen and oxygen atoms in total. The van der Waals surface area contributed by atoms with Crippen molar-refractivity contribution < 1.29 is 13.5 Å². The second kappa shape index (κ2) is 6.43. The van der Waals surface area contributed by atoms with E-state index >= 15 is 0 Å². The van der Waals surface area contributed by atoms with Crippen LogP contribution in [0.4, 0.5) is 0 Å². The molecular formula is C14H20ClNO3S. The zero-order valence-electron chi connectivity index (χ0n) is 11.5. The SMILES string of the molecule is Cc1ccc(Cl)cc1S(=O)(=O)N(CCCO)C1CCC1. The Morgan fingerprint density at radius 1 is 1.40 bits per heavy atom. The van der Waals surface area contributed by atoms with Gasteiger partial charge in [0.05, 0.1) is 4.90 Å². The molecule has 0 aliphatic heterocycles. The lowest BCUT2D eigenvalue weighted by atomic mass is 9.93. The molecular weight excluding hydrogens is 298 g/mol. The molecule has 6 heteroatoms. The van der Waals surface area contributed by atoms with E-state index in [0.29, 0.717) is 23.6 Å². The molecule has 0 heterocycles. The number of sulfonamides is 1. The number of rotatable bonds is 6. The Morgan fingerprint density at radius 2 is 2.10 bits per heavy atom. The summed E-state index contributed by atoms with van der Waals surface area (Å²) in [6.45, 7) is 2.12. The molecule has 1 aromatic carbocycles. The Morgan fingerprint density at radius 3 is 2.65 bits per heavy atom. The molecule has 0 amide bonds. The highest BCUT2D eigenvalue weighted by molar-refractivity contribution is 7.89. The van der Waals surface area contributed by atoms with Crippen LogP contribution in [0.1, 0.15) is 31.2 Å². The van der Waals surface area contributed by atoms with E-state index in [1.807, 2.05) is 0 Å². The number of halogens is 1. The largest absolute Gasteiger partial charge is 0.396 e. The number of aryl methyl sites for hydroxylation is 1. The maximum absolute atomic E-state index is 12.8. The second-order valence-corrected chi connectivity index (χ2v) is 7.48. The van der Waals surface area contributed by atoms with E-state index in [9.17, 15) is 8.42 Å². The first-order valence-corrected chi connectivity index (χ1v) is 8.67. The topological polar surface area (TPSA) is 57.6 Å². The molecule has 1 saturated carbocycles. The Labute approximate surface area is 125 Å². The predicted octanol–water partition coefficient (Wildman–Crippen LogP) is 2.57. The quantitative estimate of drug-likeness (QED) is 0.877. The van der Waals surface area contributed by atoms with Crippen LogP contribution in [0.3, 0.4) is 0 Å². The van der Waals surface area contributed by atoms with Gasteiger partial charge in [-0.25, -0.2) is 8.42 Å². The van der Waals surface area contributed by atoms with Gasteiger partial charge in [-0.15, -0.1) is 0 Å². The first-order chi connectivity index (χ1) is 9.46. The lowest BCUT2D eigenvalue weighted by molar-refractivity contribution is 0.198. The van der Waals surface area contributed by atoms with Gasteiger partial charge in [-0.05, 0) is 43.9 Å². The Kier molecular flexibility index (Phi) is 5.07. The summed E-state index contributed by atoms with van der Waals surface area (Å²) in [5.41, 5.74) is 0.697. The smallest absolute Gasteiger partial charge is 0.243 e. The van der Waals surface area contributed by atoms with E-state index in [1.54, 1.807) is 19.1 Å². The third-order valence-electron chi connectivity index (χ3n) is 3.76. The third-order valence-corrected chi connectivity index (χ3v) is 6.08. The van der Waals surface area contributed by atoms with Crippen LogP contribution in [-0.2, 0) is 10.0 Å². The van der Waals surface area contributed by atoms with E-state index in [-0.39, 0.29) is 17.5 Å². The fourth-order valence-electron chi connectivity index (χ4n) is 2.38. The molecule has 0 radical (unpaired) electrons. The molecule has 1 aliphatic rings. The van der Waals surface area contributed by atoms with Crippen molar-refractivity contribution in [3.05, 3.63) is 28.8 Å². The molecule has 0 unspecified atom stereocenters. The summed E-state index contributed by atoms with van der Waals surface area (Å²) in [4.78, 5) is 0.273. The highest BCUT2D eigenvalue weighted by Gasteiger charge is 2.35. The first-order valence-electron chi connectivity index (χ1n) is 6.85. The van der Waals surface area contributed by atoms with Gasteiger partial charge >= 0.3 is 0 Å². The van der Waals surface area contributed by atoms with Gasteiger partial charge in [0.1, 0.15) is 0 Å². The van der Waals surface area contributed by atoms with Crippen LogP contribution in [0, 0.1) is 6.92 Å². The van der Waals surface area contributed by atoms with Crippen molar-refractivity contribution in [2.45, 2.75) is 43.5 Å². The second-order valence-electron chi connectivity index (χ2n) is 5.19. The van der Waals surface area contributed by atoms with Gasteiger partial charge in [0.2, 0.25) is 10.0 Å². The summed E-state index contributed by atoms with van der Waals surface area (Å²) in [6.07, 6.45) is 3.30. The average molecular weight is 318 g/mol. The van der Waals surface area contributed by atoms with Crippen LogP contribution < -0.4 is 0 Å². The van der Waals surface area contributed by atoms with Gasteiger partial charge in [-0.2, -0.15) is 4.31 Å². The number of aliphatic hydroxyl groups is 1. The van der Waals surface area contributed by atoms with Crippen molar-refractivity contribution in [3.63, 3.8) is 0 Å². The Balaban J connectivity index is 2.36. The standard InChI is InChI=1S/C14H20ClNO3S/c1-11-6-7-12(15)10-14(11)20(18,19)16(8-3-9-17)13-4-2-5-13/h6-7,10,13,17H,2-5,8-9H2,1H3. The molecule has 0 saturated heterocycles. The molecule has 1 aliphatic carbocycles. The predicted molar refractivity (Wildman–Crippen MR) is 79.4 cm³/mol. The normalized spacial score (nSPS) is 16.4. The molecule has 0 bridgehead atoms. The molecule has 112 valence electrons. The summed E-state index contributed by atoms with van der Waals surface area (Å²) in [5, 5.41) is 9.40. The van der Waals surface area contributed by atoms with Gasteiger partial charge in [0, 0.05) is 24.2 Å². The summed E-state index contributed by atoms with van der Waals surface area (Å²) >= 11 is 5.94. The molecule has 0 spiro atoms. The van der Waals surface area contributed by atoms with Gasteiger partial charge in [-0.1, -0.05) is 24.1 Å². The van der Waals surface area contributed by atoms with E-state index in [1.165, 1.54) is 10.4 Å². The van der Waals surface area contributed by atoms with Gasteiger partial charge in [0.15, 0.2) is 0 Å². The Bertz CT molecular complexity index is 570. The fourth-order valence-corrected chi connectivity index (χ4v) is 4.59. The van der Waals surface area contributed by atoms with E-state index in [0.717, 1.165) is 19.3 Å². The highest BCUT2D eigenvalue weighted by Crippen LogP contribution is 2.32.